The fourth-order valence-electron chi connectivity index (χ4n) is 3.57. The molecule has 0 aliphatic heterocycles. The van der Waals surface area contributed by atoms with Crippen molar-refractivity contribution in [3.05, 3.63) is 94.2 Å². The normalized spacial score (nSPS) is 12.7. The summed E-state index contributed by atoms with van der Waals surface area (Å²) >= 11 is 0. The number of hydrogen-bond donors (Lipinski definition) is 1. The fraction of sp³-hybridized carbons (Fsp3) is 0.167. The molecule has 0 aliphatic rings. The average molecular weight is 384 g/mol. The van der Waals surface area contributed by atoms with E-state index in [1.54, 1.807) is 10.9 Å². The Kier molecular flexibility index (Phi) is 5.14. The minimum Gasteiger partial charge on any atom is -0.312 e. The van der Waals surface area contributed by atoms with E-state index in [9.17, 15) is 4.79 Å². The first-order chi connectivity index (χ1) is 14.1. The number of rotatable bonds is 5. The van der Waals surface area contributed by atoms with Crippen LogP contribution in [-0.4, -0.2) is 21.4 Å². The second kappa shape index (κ2) is 7.89. The molecular formula is C24H24N4O. The standard InChI is InChI=1S/C24H24N4O/c1-17(25-2)22-14-20-9-7-8-19(13-12-18-15-26-27(3)16-18)23(20)24(29)28(22)21-10-5-4-6-11-21/h4-17,25H,1-3H3/b13-12-. The number of aromatic nitrogens is 3. The Balaban J connectivity index is 1.97. The molecule has 1 unspecified atom stereocenters. The van der Waals surface area contributed by atoms with Gasteiger partial charge in [-0.15, -0.1) is 0 Å². The summed E-state index contributed by atoms with van der Waals surface area (Å²) in [5, 5.41) is 9.11. The van der Waals surface area contributed by atoms with Crippen molar-refractivity contribution in [2.24, 2.45) is 7.05 Å². The van der Waals surface area contributed by atoms with Crippen LogP contribution in [0.2, 0.25) is 0 Å². The molecule has 0 saturated carbocycles. The summed E-state index contributed by atoms with van der Waals surface area (Å²) in [5.41, 5.74) is 3.67. The Morgan fingerprint density at radius 1 is 1.07 bits per heavy atom. The van der Waals surface area contributed by atoms with Gasteiger partial charge in [-0.2, -0.15) is 5.10 Å². The second-order valence-electron chi connectivity index (χ2n) is 7.15. The zero-order valence-corrected chi connectivity index (χ0v) is 16.8. The van der Waals surface area contributed by atoms with Gasteiger partial charge in [0.2, 0.25) is 0 Å². The Bertz CT molecular complexity index is 1230. The van der Waals surface area contributed by atoms with Gasteiger partial charge in [0.25, 0.3) is 5.56 Å². The minimum atomic E-state index is -0.0164. The highest BCUT2D eigenvalue weighted by Crippen LogP contribution is 2.24. The largest absolute Gasteiger partial charge is 0.312 e. The molecular weight excluding hydrogens is 360 g/mol. The lowest BCUT2D eigenvalue weighted by atomic mass is 10.0. The van der Waals surface area contributed by atoms with Crippen molar-refractivity contribution < 1.29 is 0 Å². The smallest absolute Gasteiger partial charge is 0.263 e. The van der Waals surface area contributed by atoms with Crippen LogP contribution in [0.25, 0.3) is 28.6 Å². The summed E-state index contributed by atoms with van der Waals surface area (Å²) in [6.45, 7) is 2.06. The van der Waals surface area contributed by atoms with Crippen molar-refractivity contribution in [3.63, 3.8) is 0 Å². The maximum atomic E-state index is 13.7. The van der Waals surface area contributed by atoms with E-state index in [2.05, 4.69) is 23.4 Å². The molecule has 2 aromatic heterocycles. The summed E-state index contributed by atoms with van der Waals surface area (Å²) in [4.78, 5) is 13.7. The molecule has 2 heterocycles. The first-order valence-corrected chi connectivity index (χ1v) is 9.66. The molecule has 0 spiro atoms. The van der Waals surface area contributed by atoms with E-state index in [1.165, 1.54) is 0 Å². The predicted molar refractivity (Wildman–Crippen MR) is 119 cm³/mol. The van der Waals surface area contributed by atoms with Gasteiger partial charge < -0.3 is 5.32 Å². The van der Waals surface area contributed by atoms with Gasteiger partial charge in [-0.1, -0.05) is 48.6 Å². The van der Waals surface area contributed by atoms with Crippen molar-refractivity contribution >= 4 is 22.9 Å². The van der Waals surface area contributed by atoms with Crippen LogP contribution in [-0.2, 0) is 7.05 Å². The van der Waals surface area contributed by atoms with Crippen LogP contribution in [0.1, 0.15) is 29.8 Å². The maximum Gasteiger partial charge on any atom is 0.263 e. The third-order valence-electron chi connectivity index (χ3n) is 5.18. The quantitative estimate of drug-likeness (QED) is 0.562. The van der Waals surface area contributed by atoms with E-state index in [0.717, 1.165) is 27.9 Å². The summed E-state index contributed by atoms with van der Waals surface area (Å²) in [7, 11) is 3.79. The van der Waals surface area contributed by atoms with Crippen LogP contribution < -0.4 is 10.9 Å². The van der Waals surface area contributed by atoms with Gasteiger partial charge in [0.15, 0.2) is 0 Å². The van der Waals surface area contributed by atoms with Crippen LogP contribution in [0, 0.1) is 0 Å². The highest BCUT2D eigenvalue weighted by atomic mass is 16.1. The molecule has 5 heteroatoms. The van der Waals surface area contributed by atoms with E-state index < -0.39 is 0 Å². The molecule has 1 N–H and O–H groups in total. The Labute approximate surface area is 169 Å². The summed E-state index contributed by atoms with van der Waals surface area (Å²) < 4.78 is 3.57. The van der Waals surface area contributed by atoms with E-state index in [-0.39, 0.29) is 11.6 Å². The van der Waals surface area contributed by atoms with Gasteiger partial charge in [-0.05, 0) is 43.1 Å². The van der Waals surface area contributed by atoms with Gasteiger partial charge in [0, 0.05) is 36.2 Å². The molecule has 4 aromatic rings. The SMILES string of the molecule is CNC(C)c1cc2cccc(/C=C\c3cnn(C)c3)c2c(=O)n1-c1ccccc1. The molecule has 0 aliphatic carbocycles. The van der Waals surface area contributed by atoms with Gasteiger partial charge in [-0.25, -0.2) is 0 Å². The second-order valence-corrected chi connectivity index (χ2v) is 7.15. The van der Waals surface area contributed by atoms with E-state index in [4.69, 9.17) is 0 Å². The molecule has 29 heavy (non-hydrogen) atoms. The van der Waals surface area contributed by atoms with E-state index in [1.807, 2.05) is 85.5 Å². The Hall–Kier alpha value is -3.44. The third kappa shape index (κ3) is 3.65. The van der Waals surface area contributed by atoms with Crippen molar-refractivity contribution in [3.8, 4) is 5.69 Å². The fourth-order valence-corrected chi connectivity index (χ4v) is 3.57. The van der Waals surface area contributed by atoms with Crippen LogP contribution in [0.5, 0.6) is 0 Å². The lowest BCUT2D eigenvalue weighted by molar-refractivity contribution is 0.612. The highest BCUT2D eigenvalue weighted by Gasteiger charge is 2.16. The van der Waals surface area contributed by atoms with Gasteiger partial charge >= 0.3 is 0 Å². The summed E-state index contributed by atoms with van der Waals surface area (Å²) in [6, 6.07) is 17.9. The zero-order valence-electron chi connectivity index (χ0n) is 16.8. The van der Waals surface area contributed by atoms with Crippen LogP contribution in [0.3, 0.4) is 0 Å². The summed E-state index contributed by atoms with van der Waals surface area (Å²) in [5.74, 6) is 0. The Morgan fingerprint density at radius 3 is 2.55 bits per heavy atom. The Morgan fingerprint density at radius 2 is 1.86 bits per heavy atom. The molecule has 0 bridgehead atoms. The van der Waals surface area contributed by atoms with Crippen molar-refractivity contribution in [2.75, 3.05) is 7.05 Å². The van der Waals surface area contributed by atoms with Crippen molar-refractivity contribution in [1.82, 2.24) is 19.7 Å². The predicted octanol–water partition coefficient (Wildman–Crippen LogP) is 4.18. The lowest BCUT2D eigenvalue weighted by Crippen LogP contribution is -2.27. The molecule has 1 atom stereocenters. The number of hydrogen-bond acceptors (Lipinski definition) is 3. The number of benzene rings is 2. The van der Waals surface area contributed by atoms with Gasteiger partial charge in [-0.3, -0.25) is 14.0 Å². The first kappa shape index (κ1) is 18.9. The molecule has 146 valence electrons. The zero-order chi connectivity index (χ0) is 20.4. The summed E-state index contributed by atoms with van der Waals surface area (Å²) in [6.07, 6.45) is 7.71. The van der Waals surface area contributed by atoms with Gasteiger partial charge in [0.1, 0.15) is 0 Å². The van der Waals surface area contributed by atoms with Crippen molar-refractivity contribution in [2.45, 2.75) is 13.0 Å². The van der Waals surface area contributed by atoms with E-state index >= 15 is 0 Å². The molecule has 0 amide bonds. The minimum absolute atomic E-state index is 0.0164. The van der Waals surface area contributed by atoms with Crippen LogP contribution >= 0.6 is 0 Å². The number of fused-ring (bicyclic) bond motifs is 1. The number of aryl methyl sites for hydroxylation is 1. The average Bonchev–Trinajstić information content (AvgIpc) is 3.17. The molecule has 0 fully saturated rings. The van der Waals surface area contributed by atoms with E-state index in [0.29, 0.717) is 5.39 Å². The number of pyridine rings is 1. The topological polar surface area (TPSA) is 51.9 Å². The van der Waals surface area contributed by atoms with Crippen LogP contribution in [0.15, 0.2) is 71.8 Å². The van der Waals surface area contributed by atoms with Crippen molar-refractivity contribution in [1.29, 1.82) is 0 Å². The number of para-hydroxylation sites is 1. The molecule has 5 nitrogen and oxygen atoms in total. The molecule has 0 saturated heterocycles. The molecule has 0 radical (unpaired) electrons. The van der Waals surface area contributed by atoms with Crippen LogP contribution in [0.4, 0.5) is 0 Å². The third-order valence-corrected chi connectivity index (χ3v) is 5.18. The number of nitrogens with zero attached hydrogens (tertiary/aromatic N) is 3. The molecule has 2 aromatic carbocycles. The van der Waals surface area contributed by atoms with Gasteiger partial charge in [0.05, 0.1) is 11.6 Å². The number of nitrogens with one attached hydrogen (secondary N) is 1. The lowest BCUT2D eigenvalue weighted by Gasteiger charge is -2.20. The first-order valence-electron chi connectivity index (χ1n) is 9.66. The highest BCUT2D eigenvalue weighted by molar-refractivity contribution is 5.92. The monoisotopic (exact) mass is 384 g/mol. The molecule has 4 rings (SSSR count). The maximum absolute atomic E-state index is 13.7.